The van der Waals surface area contributed by atoms with Crippen LogP contribution in [0, 0.1) is 0 Å². The van der Waals surface area contributed by atoms with Crippen molar-refractivity contribution in [3.05, 3.63) is 22.4 Å². The molecule has 2 fully saturated rings. The number of phenolic OH excluding ortho intramolecular Hbond substituents is 1. The van der Waals surface area contributed by atoms with E-state index >= 15 is 0 Å². The van der Waals surface area contributed by atoms with E-state index in [1.54, 1.807) is 0 Å². The Balaban J connectivity index is 1.56. The summed E-state index contributed by atoms with van der Waals surface area (Å²) in [5, 5.41) is 81.9. The van der Waals surface area contributed by atoms with E-state index in [0.717, 1.165) is 6.07 Å². The van der Waals surface area contributed by atoms with Crippen LogP contribution in [-0.4, -0.2) is 144 Å². The molecule has 1 aromatic heterocycles. The lowest BCUT2D eigenvalue weighted by Gasteiger charge is -2.42. The average Bonchev–Trinajstić information content (AvgIpc) is 3.07. The third-order valence-electron chi connectivity index (χ3n) is 8.00. The van der Waals surface area contributed by atoms with Crippen LogP contribution in [0.2, 0.25) is 0 Å². The van der Waals surface area contributed by atoms with Gasteiger partial charge in [-0.3, -0.25) is 4.79 Å². The van der Waals surface area contributed by atoms with Gasteiger partial charge in [-0.25, -0.2) is 0 Å². The number of aromatic hydroxyl groups is 1. The fourth-order valence-electron chi connectivity index (χ4n) is 5.52. The van der Waals surface area contributed by atoms with Gasteiger partial charge in [0.15, 0.2) is 29.0 Å². The Kier molecular flexibility index (Phi) is 10.2. The number of hydrogen-bond donors (Lipinski definition) is 8. The maximum Gasteiger partial charge on any atom is 0.229 e. The maximum atomic E-state index is 14.0. The van der Waals surface area contributed by atoms with Crippen molar-refractivity contribution in [2.75, 3.05) is 41.7 Å². The molecule has 10 atom stereocenters. The third kappa shape index (κ3) is 5.97. The van der Waals surface area contributed by atoms with Gasteiger partial charge in [0.2, 0.25) is 29.0 Å². The Bertz CT molecular complexity index is 1640. The van der Waals surface area contributed by atoms with Gasteiger partial charge in [-0.1, -0.05) is 0 Å². The summed E-state index contributed by atoms with van der Waals surface area (Å²) >= 11 is 0. The van der Waals surface area contributed by atoms with Crippen LogP contribution in [0.3, 0.4) is 0 Å². The highest BCUT2D eigenvalue weighted by Gasteiger charge is 2.48. The van der Waals surface area contributed by atoms with Gasteiger partial charge in [-0.05, 0) is 6.07 Å². The molecule has 2 aliphatic heterocycles. The molecule has 0 amide bonds. The number of rotatable bonds is 10. The van der Waals surface area contributed by atoms with E-state index in [2.05, 4.69) is 0 Å². The third-order valence-corrected chi connectivity index (χ3v) is 8.00. The van der Waals surface area contributed by atoms with Crippen LogP contribution in [0.5, 0.6) is 34.5 Å². The number of fused-ring (bicyclic) bond motifs is 2. The molecule has 18 heteroatoms. The Morgan fingerprint density at radius 2 is 1.26 bits per heavy atom. The molecule has 1 unspecified atom stereocenters. The van der Waals surface area contributed by atoms with Gasteiger partial charge in [-0.2, -0.15) is 0 Å². The number of phenols is 1. The molecule has 0 spiro atoms. The highest BCUT2D eigenvalue weighted by Crippen LogP contribution is 2.51. The summed E-state index contributed by atoms with van der Waals surface area (Å²) in [6.07, 6.45) is -17.0. The maximum absolute atomic E-state index is 14.0. The molecule has 47 heavy (non-hydrogen) atoms. The normalized spacial score (nSPS) is 31.1. The molecule has 3 heterocycles. The van der Waals surface area contributed by atoms with Gasteiger partial charge in [0.05, 0.1) is 47.0 Å². The summed E-state index contributed by atoms with van der Waals surface area (Å²) in [7, 11) is 5.08. The molecule has 18 nitrogen and oxygen atoms in total. The zero-order chi connectivity index (χ0) is 34.3. The number of hydrogen-bond acceptors (Lipinski definition) is 18. The van der Waals surface area contributed by atoms with Crippen LogP contribution in [0.15, 0.2) is 21.3 Å². The molecule has 2 aromatic carbocycles. The van der Waals surface area contributed by atoms with Gasteiger partial charge in [0.1, 0.15) is 60.0 Å². The fourth-order valence-corrected chi connectivity index (χ4v) is 5.52. The SMILES string of the molecule is COc1c(OC)c(OC2O[C@H](CO[C@@H]3O[C@H](CO)[C@@H](O)[C@H](O)[C@H]3O)[C@@H](O)[C@H](O)[C@H]2O)c2c(=O)c3cc(O)cc(OC)c3oc2c1OC. The first kappa shape index (κ1) is 34.6. The van der Waals surface area contributed by atoms with Gasteiger partial charge < -0.3 is 83.2 Å². The molecular formula is C29H36O18. The van der Waals surface area contributed by atoms with Crippen molar-refractivity contribution < 1.29 is 83.2 Å². The lowest BCUT2D eigenvalue weighted by Crippen LogP contribution is -2.62. The van der Waals surface area contributed by atoms with Crippen molar-refractivity contribution >= 4 is 21.9 Å². The summed E-state index contributed by atoms with van der Waals surface area (Å²) in [5.41, 5.74) is -1.04. The largest absolute Gasteiger partial charge is 0.508 e. The summed E-state index contributed by atoms with van der Waals surface area (Å²) < 4.78 is 50.3. The quantitative estimate of drug-likeness (QED) is 0.105. The van der Waals surface area contributed by atoms with E-state index in [0.29, 0.717) is 0 Å². The van der Waals surface area contributed by atoms with E-state index in [9.17, 15) is 45.6 Å². The molecule has 0 saturated carbocycles. The van der Waals surface area contributed by atoms with Crippen molar-refractivity contribution in [1.29, 1.82) is 0 Å². The predicted molar refractivity (Wildman–Crippen MR) is 155 cm³/mol. The summed E-state index contributed by atoms with van der Waals surface area (Å²) in [6, 6.07) is 2.36. The second kappa shape index (κ2) is 13.8. The molecule has 260 valence electrons. The predicted octanol–water partition coefficient (Wildman–Crippen LogP) is -2.31. The molecule has 5 rings (SSSR count). The fraction of sp³-hybridized carbons (Fsp3) is 0.552. The van der Waals surface area contributed by atoms with Gasteiger partial charge in [0, 0.05) is 6.07 Å². The lowest BCUT2D eigenvalue weighted by molar-refractivity contribution is -0.323. The van der Waals surface area contributed by atoms with Crippen LogP contribution in [0.25, 0.3) is 21.9 Å². The van der Waals surface area contributed by atoms with Crippen molar-refractivity contribution in [1.82, 2.24) is 0 Å². The highest BCUT2D eigenvalue weighted by molar-refractivity contribution is 6.01. The smallest absolute Gasteiger partial charge is 0.229 e. The van der Waals surface area contributed by atoms with Crippen molar-refractivity contribution in [2.45, 2.75) is 61.4 Å². The highest BCUT2D eigenvalue weighted by atomic mass is 16.7. The summed E-state index contributed by atoms with van der Waals surface area (Å²) in [4.78, 5) is 14.0. The monoisotopic (exact) mass is 672 g/mol. The van der Waals surface area contributed by atoms with Crippen LogP contribution >= 0.6 is 0 Å². The Morgan fingerprint density at radius 1 is 0.681 bits per heavy atom. The Labute approximate surface area is 265 Å². The van der Waals surface area contributed by atoms with Crippen molar-refractivity contribution in [3.63, 3.8) is 0 Å². The molecule has 0 radical (unpaired) electrons. The molecule has 3 aromatic rings. The molecule has 0 bridgehead atoms. The molecule has 2 aliphatic rings. The van der Waals surface area contributed by atoms with Crippen LogP contribution in [0.4, 0.5) is 0 Å². The first-order valence-electron chi connectivity index (χ1n) is 14.2. The van der Waals surface area contributed by atoms with Crippen LogP contribution < -0.4 is 29.1 Å². The first-order valence-corrected chi connectivity index (χ1v) is 14.2. The second-order valence-electron chi connectivity index (χ2n) is 10.8. The first-order chi connectivity index (χ1) is 22.4. The van der Waals surface area contributed by atoms with E-state index in [1.165, 1.54) is 34.5 Å². The Morgan fingerprint density at radius 3 is 1.85 bits per heavy atom. The standard InChI is InChI=1S/C29H36O18/c1-39-11-6-9(31)5-10-15(32)14-23(46-22(10)11)25(40-2)27(42-4)26(41-3)24(14)47-29-21(38)19(36)17(34)13(45-29)8-43-28-20(37)18(35)16(33)12(7-30)44-28/h5-6,12-13,16-21,28-31,33-38H,7-8H2,1-4H3/t12-,13-,16-,17-,18+,19+,20-,21-,28-,29?/m1/s1. The van der Waals surface area contributed by atoms with Crippen molar-refractivity contribution in [3.8, 4) is 34.5 Å². The van der Waals surface area contributed by atoms with Gasteiger partial charge >= 0.3 is 0 Å². The zero-order valence-corrected chi connectivity index (χ0v) is 25.5. The number of methoxy groups -OCH3 is 4. The number of aliphatic hydroxyl groups excluding tert-OH is 7. The minimum absolute atomic E-state index is 0.0173. The van der Waals surface area contributed by atoms with Crippen LogP contribution in [-0.2, 0) is 14.2 Å². The van der Waals surface area contributed by atoms with Crippen molar-refractivity contribution in [2.24, 2.45) is 0 Å². The van der Waals surface area contributed by atoms with E-state index in [1.807, 2.05) is 0 Å². The lowest BCUT2D eigenvalue weighted by atomic mass is 9.98. The zero-order valence-electron chi connectivity index (χ0n) is 25.5. The van der Waals surface area contributed by atoms with Gasteiger partial charge in [0.25, 0.3) is 0 Å². The summed E-state index contributed by atoms with van der Waals surface area (Å²) in [5.74, 6) is -1.12. The summed E-state index contributed by atoms with van der Waals surface area (Å²) in [6.45, 7) is -1.35. The molecule has 8 N–H and O–H groups in total. The number of ether oxygens (including phenoxy) is 8. The topological polar surface area (TPSA) is 266 Å². The molecular weight excluding hydrogens is 636 g/mol. The number of benzene rings is 2. The Hall–Kier alpha value is -3.69. The van der Waals surface area contributed by atoms with Crippen LogP contribution in [0.1, 0.15) is 0 Å². The minimum atomic E-state index is -1.93. The van der Waals surface area contributed by atoms with Gasteiger partial charge in [-0.15, -0.1) is 0 Å². The van der Waals surface area contributed by atoms with E-state index < -0.39 is 85.8 Å². The average molecular weight is 673 g/mol. The number of aliphatic hydroxyl groups is 7. The second-order valence-corrected chi connectivity index (χ2v) is 10.8. The van der Waals surface area contributed by atoms with E-state index in [4.69, 9.17) is 42.3 Å². The molecule has 2 saturated heterocycles. The molecule has 0 aliphatic carbocycles. The minimum Gasteiger partial charge on any atom is -0.508 e. The van der Waals surface area contributed by atoms with E-state index in [-0.39, 0.29) is 50.7 Å².